The summed E-state index contributed by atoms with van der Waals surface area (Å²) in [6.07, 6.45) is 4.04. The molecule has 0 unspecified atom stereocenters. The Kier molecular flexibility index (Phi) is 6.40. The van der Waals surface area contributed by atoms with Gasteiger partial charge in [0.1, 0.15) is 5.82 Å². The van der Waals surface area contributed by atoms with Gasteiger partial charge in [-0.15, -0.1) is 0 Å². The molecule has 5 heteroatoms. The van der Waals surface area contributed by atoms with E-state index in [0.29, 0.717) is 4.90 Å². The monoisotopic (exact) mass is 447 g/mol. The highest BCUT2D eigenvalue weighted by Crippen LogP contribution is 2.43. The van der Waals surface area contributed by atoms with Gasteiger partial charge in [0.05, 0.1) is 4.90 Å². The van der Waals surface area contributed by atoms with Crippen molar-refractivity contribution in [3.8, 4) is 0 Å². The molecule has 0 aromatic heterocycles. The van der Waals surface area contributed by atoms with Gasteiger partial charge in [-0.05, 0) is 89.2 Å². The maximum atomic E-state index is 14.1. The zero-order chi connectivity index (χ0) is 22.7. The molecule has 1 aliphatic carbocycles. The molecule has 0 fully saturated rings. The number of rotatable bonds is 7. The second-order valence-electron chi connectivity index (χ2n) is 8.11. The van der Waals surface area contributed by atoms with Gasteiger partial charge < -0.3 is 5.32 Å². The molecule has 0 atom stereocenters. The molecule has 32 heavy (non-hydrogen) atoms. The summed E-state index contributed by atoms with van der Waals surface area (Å²) in [6, 6.07) is 22.0. The van der Waals surface area contributed by atoms with E-state index in [-0.39, 0.29) is 5.82 Å². The minimum atomic E-state index is -3.23. The van der Waals surface area contributed by atoms with Crippen LogP contribution < -0.4 is 5.32 Å². The molecule has 0 aliphatic heterocycles. The molecule has 3 aromatic carbocycles. The quantitative estimate of drug-likeness (QED) is 0.470. The van der Waals surface area contributed by atoms with Crippen molar-refractivity contribution in [2.75, 3.05) is 12.8 Å². The fourth-order valence-electron chi connectivity index (χ4n) is 4.10. The standard InChI is InChI=1S/C27H26FNO2S/c1-19-24(14-15-29-18-21-6-4-3-5-7-21)27-17-22(28)10-13-25(27)26(19)16-20-8-11-23(12-9-20)32(2,30)31/h3-13,16-17,29H,14-15,18H2,1-2H3/b26-16+. The number of allylic oxidation sites excluding steroid dienone is 2. The molecule has 0 saturated heterocycles. The van der Waals surface area contributed by atoms with Gasteiger partial charge in [-0.2, -0.15) is 0 Å². The Morgan fingerprint density at radius 2 is 1.66 bits per heavy atom. The summed E-state index contributed by atoms with van der Waals surface area (Å²) in [7, 11) is -3.23. The molecule has 3 nitrogen and oxygen atoms in total. The number of nitrogens with one attached hydrogen (secondary N) is 1. The average Bonchev–Trinajstić information content (AvgIpc) is 3.02. The summed E-state index contributed by atoms with van der Waals surface area (Å²) in [6.45, 7) is 3.65. The van der Waals surface area contributed by atoms with Crippen molar-refractivity contribution < 1.29 is 12.8 Å². The lowest BCUT2D eigenvalue weighted by Gasteiger charge is -2.08. The van der Waals surface area contributed by atoms with Gasteiger partial charge in [0.2, 0.25) is 0 Å². The maximum absolute atomic E-state index is 14.1. The maximum Gasteiger partial charge on any atom is 0.175 e. The number of benzene rings is 3. The predicted octanol–water partition coefficient (Wildman–Crippen LogP) is 5.74. The van der Waals surface area contributed by atoms with Gasteiger partial charge in [-0.1, -0.05) is 48.5 Å². The molecule has 0 saturated carbocycles. The summed E-state index contributed by atoms with van der Waals surface area (Å²) >= 11 is 0. The lowest BCUT2D eigenvalue weighted by atomic mass is 10.0. The van der Waals surface area contributed by atoms with E-state index >= 15 is 0 Å². The number of sulfone groups is 1. The van der Waals surface area contributed by atoms with Crippen LogP contribution in [-0.2, 0) is 16.4 Å². The molecule has 0 spiro atoms. The summed E-state index contributed by atoms with van der Waals surface area (Å²) in [5, 5.41) is 3.48. The van der Waals surface area contributed by atoms with Crippen LogP contribution in [0.3, 0.4) is 0 Å². The molecule has 1 N–H and O–H groups in total. The Balaban J connectivity index is 1.58. The van der Waals surface area contributed by atoms with Crippen LogP contribution in [0.5, 0.6) is 0 Å². The highest BCUT2D eigenvalue weighted by molar-refractivity contribution is 7.90. The minimum Gasteiger partial charge on any atom is -0.312 e. The van der Waals surface area contributed by atoms with Crippen molar-refractivity contribution >= 4 is 27.1 Å². The van der Waals surface area contributed by atoms with E-state index in [1.54, 1.807) is 30.3 Å². The largest absolute Gasteiger partial charge is 0.312 e. The summed E-state index contributed by atoms with van der Waals surface area (Å²) in [5.74, 6) is -0.245. The number of hydrogen-bond acceptors (Lipinski definition) is 3. The molecule has 0 heterocycles. The van der Waals surface area contributed by atoms with Crippen LogP contribution in [0.15, 0.2) is 83.3 Å². The third kappa shape index (κ3) is 4.90. The zero-order valence-corrected chi connectivity index (χ0v) is 19.0. The smallest absolute Gasteiger partial charge is 0.175 e. The first-order valence-electron chi connectivity index (χ1n) is 10.6. The van der Waals surface area contributed by atoms with Gasteiger partial charge in [0.15, 0.2) is 9.84 Å². The number of halogens is 1. The van der Waals surface area contributed by atoms with Gasteiger partial charge in [0.25, 0.3) is 0 Å². The molecule has 0 radical (unpaired) electrons. The van der Waals surface area contributed by atoms with E-state index < -0.39 is 9.84 Å². The Labute approximate surface area is 189 Å². The third-order valence-electron chi connectivity index (χ3n) is 5.80. The van der Waals surface area contributed by atoms with Crippen molar-refractivity contribution in [3.05, 3.63) is 106 Å². The van der Waals surface area contributed by atoms with Crippen molar-refractivity contribution in [2.24, 2.45) is 0 Å². The molecule has 0 amide bonds. The second kappa shape index (κ2) is 9.23. The van der Waals surface area contributed by atoms with Crippen LogP contribution in [-0.4, -0.2) is 21.2 Å². The van der Waals surface area contributed by atoms with Crippen LogP contribution in [0.1, 0.15) is 35.6 Å². The molecule has 1 aliphatic rings. The van der Waals surface area contributed by atoms with Gasteiger partial charge in [0, 0.05) is 12.8 Å². The number of hydrogen-bond donors (Lipinski definition) is 1. The lowest BCUT2D eigenvalue weighted by Crippen LogP contribution is -2.15. The third-order valence-corrected chi connectivity index (χ3v) is 6.93. The van der Waals surface area contributed by atoms with E-state index in [9.17, 15) is 12.8 Å². The van der Waals surface area contributed by atoms with E-state index in [1.807, 2.05) is 30.3 Å². The Morgan fingerprint density at radius 1 is 0.938 bits per heavy atom. The second-order valence-corrected chi connectivity index (χ2v) is 10.1. The van der Waals surface area contributed by atoms with Crippen LogP contribution in [0.25, 0.3) is 17.2 Å². The first-order chi connectivity index (χ1) is 15.3. The van der Waals surface area contributed by atoms with Gasteiger partial charge in [-0.3, -0.25) is 0 Å². The first kappa shape index (κ1) is 22.2. The summed E-state index contributed by atoms with van der Waals surface area (Å²) in [5.41, 5.74) is 7.39. The highest BCUT2D eigenvalue weighted by atomic mass is 32.2. The Bertz CT molecular complexity index is 1290. The lowest BCUT2D eigenvalue weighted by molar-refractivity contribution is 0.602. The zero-order valence-electron chi connectivity index (χ0n) is 18.2. The van der Waals surface area contributed by atoms with Crippen LogP contribution in [0.4, 0.5) is 4.39 Å². The molecule has 0 bridgehead atoms. The van der Waals surface area contributed by atoms with Gasteiger partial charge in [-0.25, -0.2) is 12.8 Å². The summed E-state index contributed by atoms with van der Waals surface area (Å²) < 4.78 is 37.5. The topological polar surface area (TPSA) is 46.2 Å². The average molecular weight is 448 g/mol. The minimum absolute atomic E-state index is 0.245. The van der Waals surface area contributed by atoms with Crippen molar-refractivity contribution in [1.82, 2.24) is 5.32 Å². The normalized spacial score (nSPS) is 14.8. The van der Waals surface area contributed by atoms with E-state index in [4.69, 9.17) is 0 Å². The molecule has 164 valence electrons. The van der Waals surface area contributed by atoms with Crippen molar-refractivity contribution in [3.63, 3.8) is 0 Å². The van der Waals surface area contributed by atoms with Crippen molar-refractivity contribution in [1.29, 1.82) is 0 Å². The van der Waals surface area contributed by atoms with E-state index in [0.717, 1.165) is 52.9 Å². The summed E-state index contributed by atoms with van der Waals surface area (Å²) in [4.78, 5) is 0.297. The first-order valence-corrected chi connectivity index (χ1v) is 12.5. The van der Waals surface area contributed by atoms with Gasteiger partial charge >= 0.3 is 0 Å². The Morgan fingerprint density at radius 3 is 2.34 bits per heavy atom. The van der Waals surface area contributed by atoms with Crippen molar-refractivity contribution in [2.45, 2.75) is 24.8 Å². The molecular formula is C27H26FNO2S. The van der Waals surface area contributed by atoms with Crippen LogP contribution in [0.2, 0.25) is 0 Å². The molecule has 3 aromatic rings. The molecular weight excluding hydrogens is 421 g/mol. The highest BCUT2D eigenvalue weighted by Gasteiger charge is 2.23. The van der Waals surface area contributed by atoms with E-state index in [2.05, 4.69) is 24.4 Å². The van der Waals surface area contributed by atoms with Crippen LogP contribution in [0, 0.1) is 5.82 Å². The fraction of sp³-hybridized carbons (Fsp3) is 0.185. The fourth-order valence-corrected chi connectivity index (χ4v) is 4.73. The molecule has 4 rings (SSSR count). The SMILES string of the molecule is CC1=C(CCNCc2ccccc2)c2cc(F)ccc2/C1=C/c1ccc(S(C)(=O)=O)cc1. The predicted molar refractivity (Wildman–Crippen MR) is 129 cm³/mol. The van der Waals surface area contributed by atoms with Crippen LogP contribution >= 0.6 is 0 Å². The number of fused-ring (bicyclic) bond motifs is 1. The Hall–Kier alpha value is -3.02. The van der Waals surface area contributed by atoms with E-state index in [1.165, 1.54) is 17.9 Å².